The zero-order valence-corrected chi connectivity index (χ0v) is 24.9. The second kappa shape index (κ2) is 13.9. The van der Waals surface area contributed by atoms with E-state index in [1.54, 1.807) is 0 Å². The Balaban J connectivity index is 2.08. The maximum absolute atomic E-state index is 14.0. The Morgan fingerprint density at radius 1 is 0.929 bits per heavy atom. The fraction of sp³-hybridized carbons (Fsp3) is 0.355. The highest BCUT2D eigenvalue weighted by atomic mass is 32.2. The fourth-order valence-electron chi connectivity index (χ4n) is 4.34. The minimum atomic E-state index is -4.71. The summed E-state index contributed by atoms with van der Waals surface area (Å²) in [6, 6.07) is 19.0. The molecule has 0 aliphatic rings. The Morgan fingerprint density at radius 3 is 2.14 bits per heavy atom. The highest BCUT2D eigenvalue weighted by Crippen LogP contribution is 2.32. The molecule has 11 heteroatoms. The second-order valence-electron chi connectivity index (χ2n) is 10.3. The first-order chi connectivity index (χ1) is 19.7. The van der Waals surface area contributed by atoms with Gasteiger partial charge in [-0.2, -0.15) is 13.2 Å². The molecular formula is C31H36F3N3O4S. The lowest BCUT2D eigenvalue weighted by atomic mass is 10.0. The van der Waals surface area contributed by atoms with Crippen molar-refractivity contribution in [2.75, 3.05) is 17.1 Å². The van der Waals surface area contributed by atoms with Gasteiger partial charge < -0.3 is 10.2 Å². The smallest absolute Gasteiger partial charge is 0.352 e. The number of alkyl halides is 3. The van der Waals surface area contributed by atoms with Crippen LogP contribution in [0.1, 0.15) is 42.5 Å². The molecule has 42 heavy (non-hydrogen) atoms. The number of nitrogens with zero attached hydrogens (tertiary/aromatic N) is 2. The van der Waals surface area contributed by atoms with Crippen LogP contribution < -0.4 is 9.62 Å². The van der Waals surface area contributed by atoms with E-state index in [2.05, 4.69) is 5.32 Å². The minimum Gasteiger partial charge on any atom is -0.352 e. The Morgan fingerprint density at radius 2 is 1.57 bits per heavy atom. The van der Waals surface area contributed by atoms with Crippen LogP contribution in [0.3, 0.4) is 0 Å². The van der Waals surface area contributed by atoms with Crippen LogP contribution in [0.25, 0.3) is 0 Å². The summed E-state index contributed by atoms with van der Waals surface area (Å²) in [6.45, 7) is 4.83. The molecule has 3 aromatic carbocycles. The molecule has 0 unspecified atom stereocenters. The number of hydrogen-bond donors (Lipinski definition) is 1. The number of sulfonamides is 1. The molecule has 7 nitrogen and oxygen atoms in total. The van der Waals surface area contributed by atoms with E-state index in [4.69, 9.17) is 0 Å². The summed E-state index contributed by atoms with van der Waals surface area (Å²) in [5.41, 5.74) is 1.11. The molecule has 0 spiro atoms. The highest BCUT2D eigenvalue weighted by Gasteiger charge is 2.35. The molecule has 0 bridgehead atoms. The van der Waals surface area contributed by atoms with E-state index in [1.165, 1.54) is 11.0 Å². The van der Waals surface area contributed by atoms with Crippen molar-refractivity contribution >= 4 is 27.5 Å². The van der Waals surface area contributed by atoms with Gasteiger partial charge in [0.15, 0.2) is 0 Å². The molecule has 2 atom stereocenters. The maximum atomic E-state index is 14.0. The largest absolute Gasteiger partial charge is 0.416 e. The lowest BCUT2D eigenvalue weighted by Crippen LogP contribution is -2.54. The van der Waals surface area contributed by atoms with Gasteiger partial charge in [0.05, 0.1) is 17.5 Å². The predicted molar refractivity (Wildman–Crippen MR) is 157 cm³/mol. The summed E-state index contributed by atoms with van der Waals surface area (Å²) in [7, 11) is -4.20. The van der Waals surface area contributed by atoms with Gasteiger partial charge in [0.25, 0.3) is 0 Å². The van der Waals surface area contributed by atoms with Gasteiger partial charge in [0.1, 0.15) is 12.6 Å². The quantitative estimate of drug-likeness (QED) is 0.303. The van der Waals surface area contributed by atoms with Crippen LogP contribution in [0.5, 0.6) is 0 Å². The van der Waals surface area contributed by atoms with Gasteiger partial charge in [-0.05, 0) is 49.6 Å². The third kappa shape index (κ3) is 9.07. The molecular weight excluding hydrogens is 567 g/mol. The molecule has 0 saturated heterocycles. The molecule has 1 N–H and O–H groups in total. The Labute approximate surface area is 245 Å². The first kappa shape index (κ1) is 32.7. The van der Waals surface area contributed by atoms with Gasteiger partial charge in [-0.25, -0.2) is 8.42 Å². The van der Waals surface area contributed by atoms with Gasteiger partial charge in [-0.15, -0.1) is 0 Å². The minimum absolute atomic E-state index is 0.0231. The van der Waals surface area contributed by atoms with Gasteiger partial charge in [-0.3, -0.25) is 13.9 Å². The second-order valence-corrected chi connectivity index (χ2v) is 12.3. The van der Waals surface area contributed by atoms with E-state index in [1.807, 2.05) is 75.4 Å². The van der Waals surface area contributed by atoms with Crippen LogP contribution in [0, 0.1) is 6.92 Å². The lowest BCUT2D eigenvalue weighted by molar-refractivity contribution is -0.140. The Bertz CT molecular complexity index is 1460. The van der Waals surface area contributed by atoms with Crippen LogP contribution in [0.4, 0.5) is 18.9 Å². The topological polar surface area (TPSA) is 86.8 Å². The molecule has 0 radical (unpaired) electrons. The summed E-state index contributed by atoms with van der Waals surface area (Å²) < 4.78 is 66.6. The zero-order chi connectivity index (χ0) is 31.1. The normalized spacial score (nSPS) is 13.2. The molecule has 0 aliphatic heterocycles. The molecule has 0 saturated carbocycles. The van der Waals surface area contributed by atoms with Crippen LogP contribution in [0.2, 0.25) is 0 Å². The highest BCUT2D eigenvalue weighted by molar-refractivity contribution is 7.92. The van der Waals surface area contributed by atoms with Crippen LogP contribution >= 0.6 is 0 Å². The number of nitrogens with one attached hydrogen (secondary N) is 1. The molecule has 0 aliphatic carbocycles. The number of carbonyl (C=O) groups is 2. The number of carbonyl (C=O) groups excluding carboxylic acids is 2. The number of aryl methyl sites for hydroxylation is 1. The Hall–Kier alpha value is -3.86. The van der Waals surface area contributed by atoms with Crippen LogP contribution in [-0.4, -0.2) is 50.0 Å². The van der Waals surface area contributed by atoms with E-state index >= 15 is 0 Å². The lowest BCUT2D eigenvalue weighted by Gasteiger charge is -2.34. The molecule has 3 aromatic rings. The number of hydrogen-bond acceptors (Lipinski definition) is 4. The van der Waals surface area contributed by atoms with Crippen molar-refractivity contribution in [2.45, 2.75) is 58.4 Å². The van der Waals surface area contributed by atoms with Crippen molar-refractivity contribution in [3.05, 3.63) is 101 Å². The van der Waals surface area contributed by atoms with Gasteiger partial charge in [0, 0.05) is 19.0 Å². The standard InChI is InChI=1S/C31H36F3N3O4S/c1-5-23(3)35-30(39)28(18-24-10-7-6-8-11-24)36(20-25-16-14-22(2)15-17-25)29(38)21-37(42(4,40)41)27-13-9-12-26(19-27)31(32,33)34/h6-17,19,23,28H,5,18,20-21H2,1-4H3,(H,35,39)/t23-,28-/m0/s1. The predicted octanol–water partition coefficient (Wildman–Crippen LogP) is 5.33. The summed E-state index contributed by atoms with van der Waals surface area (Å²) >= 11 is 0. The van der Waals surface area contributed by atoms with Crippen LogP contribution in [-0.2, 0) is 38.8 Å². The SMILES string of the molecule is CC[C@H](C)NC(=O)[C@H](Cc1ccccc1)N(Cc1ccc(C)cc1)C(=O)CN(c1cccc(C(F)(F)F)c1)S(C)(=O)=O. The molecule has 0 heterocycles. The summed E-state index contributed by atoms with van der Waals surface area (Å²) in [5, 5.41) is 2.93. The number of benzene rings is 3. The third-order valence-electron chi connectivity index (χ3n) is 6.89. The van der Waals surface area contributed by atoms with Crippen molar-refractivity contribution in [3.63, 3.8) is 0 Å². The zero-order valence-electron chi connectivity index (χ0n) is 24.1. The molecule has 2 amide bonds. The number of rotatable bonds is 12. The average molecular weight is 604 g/mol. The van der Waals surface area contributed by atoms with Crippen molar-refractivity contribution < 1.29 is 31.2 Å². The van der Waals surface area contributed by atoms with Crippen molar-refractivity contribution in [3.8, 4) is 0 Å². The van der Waals surface area contributed by atoms with Crippen molar-refractivity contribution in [1.29, 1.82) is 0 Å². The van der Waals surface area contributed by atoms with Crippen molar-refractivity contribution in [2.24, 2.45) is 0 Å². The van der Waals surface area contributed by atoms with E-state index in [0.29, 0.717) is 22.4 Å². The Kier molecular flexibility index (Phi) is 10.8. The summed E-state index contributed by atoms with van der Waals surface area (Å²) in [6.07, 6.45) is -3.10. The monoisotopic (exact) mass is 603 g/mol. The molecule has 226 valence electrons. The van der Waals surface area contributed by atoms with Gasteiger partial charge in [-0.1, -0.05) is 73.2 Å². The van der Waals surface area contributed by atoms with Crippen molar-refractivity contribution in [1.82, 2.24) is 10.2 Å². The van der Waals surface area contributed by atoms with E-state index < -0.39 is 46.2 Å². The molecule has 0 fully saturated rings. The van der Waals surface area contributed by atoms with Crippen LogP contribution in [0.15, 0.2) is 78.9 Å². The third-order valence-corrected chi connectivity index (χ3v) is 8.03. The average Bonchev–Trinajstić information content (AvgIpc) is 2.93. The molecule has 0 aromatic heterocycles. The first-order valence-electron chi connectivity index (χ1n) is 13.5. The van der Waals surface area contributed by atoms with E-state index in [9.17, 15) is 31.2 Å². The number of anilines is 1. The number of halogens is 3. The fourth-order valence-corrected chi connectivity index (χ4v) is 5.18. The van der Waals surface area contributed by atoms with E-state index in [-0.39, 0.29) is 24.7 Å². The summed E-state index contributed by atoms with van der Waals surface area (Å²) in [5.74, 6) is -1.16. The molecule has 3 rings (SSSR count). The summed E-state index contributed by atoms with van der Waals surface area (Å²) in [4.78, 5) is 29.0. The number of amides is 2. The van der Waals surface area contributed by atoms with Gasteiger partial charge >= 0.3 is 6.18 Å². The maximum Gasteiger partial charge on any atom is 0.416 e. The first-order valence-corrected chi connectivity index (χ1v) is 15.4. The van der Waals surface area contributed by atoms with E-state index in [0.717, 1.165) is 29.5 Å². The van der Waals surface area contributed by atoms with Gasteiger partial charge in [0.2, 0.25) is 21.8 Å².